The molecule has 0 aromatic carbocycles. The average molecular weight is 154 g/mol. The molecule has 1 unspecified atom stereocenters. The van der Waals surface area contributed by atoms with Gasteiger partial charge in [-0.2, -0.15) is 0 Å². The van der Waals surface area contributed by atoms with Crippen LogP contribution in [0.3, 0.4) is 0 Å². The van der Waals surface area contributed by atoms with Crippen LogP contribution >= 0.6 is 0 Å². The fourth-order valence-electron chi connectivity index (χ4n) is 1.18. The third-order valence-corrected chi connectivity index (χ3v) is 2.20. The van der Waals surface area contributed by atoms with Gasteiger partial charge in [0, 0.05) is 0 Å². The lowest BCUT2D eigenvalue weighted by Crippen LogP contribution is -1.94. The van der Waals surface area contributed by atoms with Crippen LogP contribution in [-0.4, -0.2) is 0 Å². The van der Waals surface area contributed by atoms with Gasteiger partial charge in [0.15, 0.2) is 0 Å². The van der Waals surface area contributed by atoms with Crippen LogP contribution in [0.5, 0.6) is 0 Å². The van der Waals surface area contributed by atoms with E-state index < -0.39 is 0 Å². The minimum absolute atomic E-state index is 0.717. The molecule has 0 bridgehead atoms. The topological polar surface area (TPSA) is 0 Å². The minimum Gasteiger partial charge on any atom is -0.0825 e. The van der Waals surface area contributed by atoms with Crippen molar-refractivity contribution in [1.82, 2.24) is 0 Å². The molecule has 0 spiro atoms. The van der Waals surface area contributed by atoms with Gasteiger partial charge in [-0.3, -0.25) is 0 Å². The molecule has 0 heteroatoms. The summed E-state index contributed by atoms with van der Waals surface area (Å²) in [6, 6.07) is 0. The van der Waals surface area contributed by atoms with Gasteiger partial charge >= 0.3 is 0 Å². The molecule has 0 heterocycles. The summed E-state index contributed by atoms with van der Waals surface area (Å²) in [7, 11) is 0. The number of allylic oxidation sites excluding steroid dienone is 2. The number of hydrogen-bond donors (Lipinski definition) is 0. The molecule has 66 valence electrons. The summed E-state index contributed by atoms with van der Waals surface area (Å²) < 4.78 is 0. The molecule has 0 radical (unpaired) electrons. The van der Waals surface area contributed by atoms with Crippen molar-refractivity contribution in [3.05, 3.63) is 11.6 Å². The molecule has 0 nitrogen and oxygen atoms in total. The standard InChI is InChI=1S/C11H22/c1-6-7-10(4)8-11(5)9(2)3/h8-10H,6-7H2,1-5H3. The first-order valence-electron chi connectivity index (χ1n) is 4.76. The number of rotatable bonds is 4. The highest BCUT2D eigenvalue weighted by Crippen LogP contribution is 2.14. The third kappa shape index (κ3) is 5.06. The van der Waals surface area contributed by atoms with Crippen molar-refractivity contribution in [2.24, 2.45) is 11.8 Å². The van der Waals surface area contributed by atoms with Gasteiger partial charge in [0.05, 0.1) is 0 Å². The summed E-state index contributed by atoms with van der Waals surface area (Å²) in [5.74, 6) is 1.48. The first-order chi connectivity index (χ1) is 5.07. The van der Waals surface area contributed by atoms with Gasteiger partial charge in [-0.15, -0.1) is 0 Å². The van der Waals surface area contributed by atoms with Crippen molar-refractivity contribution in [3.8, 4) is 0 Å². The zero-order chi connectivity index (χ0) is 8.85. The minimum atomic E-state index is 0.717. The van der Waals surface area contributed by atoms with Crippen LogP contribution in [0.2, 0.25) is 0 Å². The van der Waals surface area contributed by atoms with Crippen LogP contribution in [0.4, 0.5) is 0 Å². The lowest BCUT2D eigenvalue weighted by Gasteiger charge is -2.09. The summed E-state index contributed by atoms with van der Waals surface area (Å²) in [5.41, 5.74) is 1.53. The Morgan fingerprint density at radius 2 is 1.82 bits per heavy atom. The lowest BCUT2D eigenvalue weighted by molar-refractivity contribution is 0.618. The van der Waals surface area contributed by atoms with E-state index in [1.807, 2.05) is 0 Å². The maximum atomic E-state index is 2.41. The van der Waals surface area contributed by atoms with E-state index in [-0.39, 0.29) is 0 Å². The number of hydrogen-bond acceptors (Lipinski definition) is 0. The Kier molecular flexibility index (Phi) is 5.27. The van der Waals surface area contributed by atoms with Gasteiger partial charge < -0.3 is 0 Å². The SMILES string of the molecule is CCCC(C)C=C(C)C(C)C. The van der Waals surface area contributed by atoms with Crippen LogP contribution < -0.4 is 0 Å². The molecule has 0 rings (SSSR count). The molecule has 0 fully saturated rings. The first-order valence-corrected chi connectivity index (χ1v) is 4.76. The Hall–Kier alpha value is -0.260. The zero-order valence-corrected chi connectivity index (χ0v) is 8.65. The molecule has 0 aliphatic heterocycles. The molecule has 1 atom stereocenters. The second kappa shape index (κ2) is 5.40. The van der Waals surface area contributed by atoms with Crippen molar-refractivity contribution >= 4 is 0 Å². The van der Waals surface area contributed by atoms with Crippen molar-refractivity contribution in [1.29, 1.82) is 0 Å². The van der Waals surface area contributed by atoms with Gasteiger partial charge in [0.1, 0.15) is 0 Å². The van der Waals surface area contributed by atoms with Crippen molar-refractivity contribution in [3.63, 3.8) is 0 Å². The fraction of sp³-hybridized carbons (Fsp3) is 0.818. The van der Waals surface area contributed by atoms with Crippen molar-refractivity contribution in [2.75, 3.05) is 0 Å². The van der Waals surface area contributed by atoms with E-state index in [0.29, 0.717) is 5.92 Å². The molecule has 0 saturated heterocycles. The van der Waals surface area contributed by atoms with Gasteiger partial charge in [-0.1, -0.05) is 45.8 Å². The van der Waals surface area contributed by atoms with E-state index in [1.165, 1.54) is 18.4 Å². The summed E-state index contributed by atoms with van der Waals surface area (Å²) in [5, 5.41) is 0. The molecule has 0 aliphatic rings. The van der Waals surface area contributed by atoms with E-state index in [9.17, 15) is 0 Å². The average Bonchev–Trinajstić information content (AvgIpc) is 1.87. The largest absolute Gasteiger partial charge is 0.0825 e. The fourth-order valence-corrected chi connectivity index (χ4v) is 1.18. The van der Waals surface area contributed by atoms with Crippen LogP contribution in [-0.2, 0) is 0 Å². The van der Waals surface area contributed by atoms with Gasteiger partial charge in [-0.05, 0) is 25.2 Å². The Bertz CT molecular complexity index is 120. The van der Waals surface area contributed by atoms with Crippen molar-refractivity contribution < 1.29 is 0 Å². The summed E-state index contributed by atoms with van der Waals surface area (Å²) in [4.78, 5) is 0. The Balaban J connectivity index is 3.86. The quantitative estimate of drug-likeness (QED) is 0.536. The molecule has 11 heavy (non-hydrogen) atoms. The lowest BCUT2D eigenvalue weighted by atomic mass is 9.97. The molecular formula is C11H22. The summed E-state index contributed by atoms with van der Waals surface area (Å²) >= 11 is 0. The molecule has 0 amide bonds. The van der Waals surface area contributed by atoms with Crippen LogP contribution in [0.25, 0.3) is 0 Å². The highest BCUT2D eigenvalue weighted by molar-refractivity contribution is 5.02. The molecular weight excluding hydrogens is 132 g/mol. The van der Waals surface area contributed by atoms with Crippen LogP contribution in [0.1, 0.15) is 47.5 Å². The highest BCUT2D eigenvalue weighted by Gasteiger charge is 1.99. The smallest absolute Gasteiger partial charge is 0.0259 e. The maximum Gasteiger partial charge on any atom is -0.0259 e. The summed E-state index contributed by atoms with van der Waals surface area (Å²) in [6.45, 7) is 11.3. The van der Waals surface area contributed by atoms with Crippen molar-refractivity contribution in [2.45, 2.75) is 47.5 Å². The third-order valence-electron chi connectivity index (χ3n) is 2.20. The van der Waals surface area contributed by atoms with Gasteiger partial charge in [-0.25, -0.2) is 0 Å². The second-order valence-electron chi connectivity index (χ2n) is 3.83. The molecule has 0 aromatic rings. The van der Waals surface area contributed by atoms with E-state index in [0.717, 1.165) is 5.92 Å². The zero-order valence-electron chi connectivity index (χ0n) is 8.65. The maximum absolute atomic E-state index is 2.41. The predicted octanol–water partition coefficient (Wildman–Crippen LogP) is 4.02. The van der Waals surface area contributed by atoms with E-state index >= 15 is 0 Å². The molecule has 0 N–H and O–H groups in total. The summed E-state index contributed by atoms with van der Waals surface area (Å²) in [6.07, 6.45) is 5.03. The predicted molar refractivity (Wildman–Crippen MR) is 52.7 cm³/mol. The van der Waals surface area contributed by atoms with E-state index in [4.69, 9.17) is 0 Å². The van der Waals surface area contributed by atoms with Crippen LogP contribution in [0, 0.1) is 11.8 Å². The second-order valence-corrected chi connectivity index (χ2v) is 3.83. The first kappa shape index (κ1) is 10.7. The Labute approximate surface area is 71.7 Å². The normalized spacial score (nSPS) is 15.6. The Morgan fingerprint density at radius 3 is 2.18 bits per heavy atom. The van der Waals surface area contributed by atoms with Crippen LogP contribution in [0.15, 0.2) is 11.6 Å². The molecule has 0 aliphatic carbocycles. The molecule has 0 saturated carbocycles. The van der Waals surface area contributed by atoms with E-state index in [2.05, 4.69) is 40.7 Å². The Morgan fingerprint density at radius 1 is 1.27 bits per heavy atom. The van der Waals surface area contributed by atoms with Gasteiger partial charge in [0.25, 0.3) is 0 Å². The highest BCUT2D eigenvalue weighted by atomic mass is 14.1. The monoisotopic (exact) mass is 154 g/mol. The van der Waals surface area contributed by atoms with E-state index in [1.54, 1.807) is 0 Å². The molecule has 0 aromatic heterocycles. The van der Waals surface area contributed by atoms with Gasteiger partial charge in [0.2, 0.25) is 0 Å².